The Morgan fingerprint density at radius 3 is 2.42 bits per heavy atom. The minimum Gasteiger partial charge on any atom is -0.478 e. The van der Waals surface area contributed by atoms with E-state index in [1.807, 2.05) is 36.4 Å². The fraction of sp³-hybridized carbons (Fsp3) is 0.226. The van der Waals surface area contributed by atoms with E-state index in [-0.39, 0.29) is 5.91 Å². The van der Waals surface area contributed by atoms with Crippen molar-refractivity contribution in [1.82, 2.24) is 4.90 Å². The minimum absolute atomic E-state index is 0.218. The Bertz CT molecular complexity index is 1410. The second-order valence-electron chi connectivity index (χ2n) is 9.67. The number of hydrogen-bond acceptors (Lipinski definition) is 4. The van der Waals surface area contributed by atoms with Gasteiger partial charge in [-0.25, -0.2) is 4.79 Å². The Kier molecular flexibility index (Phi) is 7.63. The zero-order valence-corrected chi connectivity index (χ0v) is 21.9. The fourth-order valence-electron chi connectivity index (χ4n) is 5.33. The number of piperazine rings is 1. The molecule has 2 aliphatic rings. The molecule has 3 aromatic carbocycles. The predicted octanol–water partition coefficient (Wildman–Crippen LogP) is 5.73. The number of rotatable bonds is 7. The minimum atomic E-state index is -0.906. The van der Waals surface area contributed by atoms with E-state index in [0.29, 0.717) is 10.6 Å². The van der Waals surface area contributed by atoms with Crippen molar-refractivity contribution in [3.63, 3.8) is 0 Å². The van der Waals surface area contributed by atoms with Crippen molar-refractivity contribution in [2.45, 2.75) is 12.8 Å². The number of aryl methyl sites for hydroxylation is 1. The molecule has 0 aromatic heterocycles. The molecule has 7 heteroatoms. The van der Waals surface area contributed by atoms with Crippen LogP contribution in [-0.4, -0.2) is 54.6 Å². The Labute approximate surface area is 227 Å². The highest BCUT2D eigenvalue weighted by molar-refractivity contribution is 6.30. The van der Waals surface area contributed by atoms with Gasteiger partial charge in [-0.2, -0.15) is 0 Å². The van der Waals surface area contributed by atoms with E-state index in [4.69, 9.17) is 16.7 Å². The first-order chi connectivity index (χ1) is 18.4. The third kappa shape index (κ3) is 5.67. The first-order valence-electron chi connectivity index (χ1n) is 12.8. The number of carbonyl (C=O) groups is 2. The molecule has 0 saturated carbocycles. The SMILES string of the molecule is C=CC(=O)Nc1ccc2c(c1)CCC(CN1CCN(c3ccc(C(=O)O)cc3)CC1)=C2c1cccc(Cl)c1. The number of halogens is 1. The summed E-state index contributed by atoms with van der Waals surface area (Å²) in [5.41, 5.74) is 8.25. The summed E-state index contributed by atoms with van der Waals surface area (Å²) in [7, 11) is 0. The third-order valence-electron chi connectivity index (χ3n) is 7.26. The number of carboxylic acid groups (broad SMARTS) is 1. The van der Waals surface area contributed by atoms with Crippen LogP contribution in [-0.2, 0) is 11.2 Å². The number of anilines is 2. The molecule has 6 nitrogen and oxygen atoms in total. The molecular weight excluding hydrogens is 498 g/mol. The molecule has 3 aromatic rings. The van der Waals surface area contributed by atoms with Gasteiger partial charge in [0.2, 0.25) is 5.91 Å². The molecule has 1 heterocycles. The predicted molar refractivity (Wildman–Crippen MR) is 153 cm³/mol. The Balaban J connectivity index is 1.37. The molecule has 1 aliphatic carbocycles. The lowest BCUT2D eigenvalue weighted by Gasteiger charge is -2.37. The van der Waals surface area contributed by atoms with E-state index in [1.165, 1.54) is 28.3 Å². The third-order valence-corrected chi connectivity index (χ3v) is 7.49. The number of aromatic carboxylic acids is 1. The molecule has 0 spiro atoms. The number of benzene rings is 3. The van der Waals surface area contributed by atoms with Crippen molar-refractivity contribution in [2.75, 3.05) is 42.9 Å². The maximum atomic E-state index is 11.8. The van der Waals surface area contributed by atoms with E-state index >= 15 is 0 Å². The molecule has 1 aliphatic heterocycles. The Morgan fingerprint density at radius 1 is 0.974 bits per heavy atom. The summed E-state index contributed by atoms with van der Waals surface area (Å²) in [5.74, 6) is -1.12. The summed E-state index contributed by atoms with van der Waals surface area (Å²) >= 11 is 6.40. The summed E-state index contributed by atoms with van der Waals surface area (Å²) in [6.45, 7) is 8.03. The molecule has 5 rings (SSSR count). The van der Waals surface area contributed by atoms with Gasteiger partial charge in [0.05, 0.1) is 5.56 Å². The average molecular weight is 528 g/mol. The number of nitrogens with zero attached hydrogens (tertiary/aromatic N) is 2. The zero-order valence-electron chi connectivity index (χ0n) is 21.1. The Morgan fingerprint density at radius 2 is 1.74 bits per heavy atom. The molecule has 0 bridgehead atoms. The van der Waals surface area contributed by atoms with Crippen LogP contribution in [0.2, 0.25) is 5.02 Å². The number of carbonyl (C=O) groups excluding carboxylic acids is 1. The van der Waals surface area contributed by atoms with E-state index in [1.54, 1.807) is 12.1 Å². The van der Waals surface area contributed by atoms with Gasteiger partial charge >= 0.3 is 5.97 Å². The molecule has 1 saturated heterocycles. The maximum Gasteiger partial charge on any atom is 0.335 e. The molecule has 38 heavy (non-hydrogen) atoms. The van der Waals surface area contributed by atoms with E-state index in [2.05, 4.69) is 39.9 Å². The number of fused-ring (bicyclic) bond motifs is 1. The lowest BCUT2D eigenvalue weighted by Crippen LogP contribution is -2.47. The van der Waals surface area contributed by atoms with Crippen molar-refractivity contribution in [3.8, 4) is 0 Å². The number of hydrogen-bond donors (Lipinski definition) is 2. The number of carboxylic acids is 1. The van der Waals surface area contributed by atoms with Gasteiger partial charge in [-0.05, 0) is 95.3 Å². The summed E-state index contributed by atoms with van der Waals surface area (Å²) in [4.78, 5) is 27.8. The monoisotopic (exact) mass is 527 g/mol. The molecule has 0 atom stereocenters. The van der Waals surface area contributed by atoms with Crippen LogP contribution in [0, 0.1) is 0 Å². The fourth-order valence-corrected chi connectivity index (χ4v) is 5.52. The van der Waals surface area contributed by atoms with Crippen molar-refractivity contribution >= 4 is 40.4 Å². The molecule has 1 amide bonds. The van der Waals surface area contributed by atoms with Gasteiger partial charge in [-0.3, -0.25) is 9.69 Å². The number of nitrogens with one attached hydrogen (secondary N) is 1. The van der Waals surface area contributed by atoms with Crippen LogP contribution in [0.15, 0.2) is 85.0 Å². The van der Waals surface area contributed by atoms with Crippen LogP contribution in [0.25, 0.3) is 5.57 Å². The Hall–Kier alpha value is -3.87. The van der Waals surface area contributed by atoms with Gasteiger partial charge in [0.25, 0.3) is 0 Å². The average Bonchev–Trinajstić information content (AvgIpc) is 2.93. The summed E-state index contributed by atoms with van der Waals surface area (Å²) < 4.78 is 0. The van der Waals surface area contributed by atoms with Gasteiger partial charge in [0.15, 0.2) is 0 Å². The van der Waals surface area contributed by atoms with Gasteiger partial charge in [-0.15, -0.1) is 0 Å². The van der Waals surface area contributed by atoms with Crippen LogP contribution in [0.5, 0.6) is 0 Å². The number of amides is 1. The van der Waals surface area contributed by atoms with Gasteiger partial charge in [-0.1, -0.05) is 36.4 Å². The van der Waals surface area contributed by atoms with Crippen LogP contribution in [0.1, 0.15) is 33.5 Å². The molecule has 0 radical (unpaired) electrons. The molecule has 194 valence electrons. The summed E-state index contributed by atoms with van der Waals surface area (Å²) in [6, 6.07) is 21.2. The second kappa shape index (κ2) is 11.3. The maximum absolute atomic E-state index is 11.8. The largest absolute Gasteiger partial charge is 0.478 e. The zero-order chi connectivity index (χ0) is 26.6. The summed E-state index contributed by atoms with van der Waals surface area (Å²) in [6.07, 6.45) is 3.12. The molecular formula is C31H30ClN3O3. The van der Waals surface area contributed by atoms with Crippen molar-refractivity contribution in [3.05, 3.63) is 112 Å². The first-order valence-corrected chi connectivity index (χ1v) is 13.1. The van der Waals surface area contributed by atoms with Crippen LogP contribution < -0.4 is 10.2 Å². The lowest BCUT2D eigenvalue weighted by atomic mass is 9.81. The van der Waals surface area contributed by atoms with E-state index in [0.717, 1.165) is 62.5 Å². The van der Waals surface area contributed by atoms with E-state index < -0.39 is 5.97 Å². The first kappa shape index (κ1) is 25.8. The second-order valence-corrected chi connectivity index (χ2v) is 10.1. The molecule has 1 fully saturated rings. The van der Waals surface area contributed by atoms with Gasteiger partial charge in [0, 0.05) is 49.1 Å². The molecule has 2 N–H and O–H groups in total. The normalized spacial score (nSPS) is 15.7. The van der Waals surface area contributed by atoms with Crippen LogP contribution >= 0.6 is 11.6 Å². The summed E-state index contributed by atoms with van der Waals surface area (Å²) in [5, 5.41) is 12.7. The van der Waals surface area contributed by atoms with Crippen molar-refractivity contribution in [1.29, 1.82) is 0 Å². The lowest BCUT2D eigenvalue weighted by molar-refractivity contribution is -0.111. The quantitative estimate of drug-likeness (QED) is 0.384. The van der Waals surface area contributed by atoms with Crippen LogP contribution in [0.4, 0.5) is 11.4 Å². The van der Waals surface area contributed by atoms with Crippen molar-refractivity contribution < 1.29 is 14.7 Å². The molecule has 0 unspecified atom stereocenters. The highest BCUT2D eigenvalue weighted by Gasteiger charge is 2.25. The highest BCUT2D eigenvalue weighted by atomic mass is 35.5. The van der Waals surface area contributed by atoms with Gasteiger partial charge in [0.1, 0.15) is 0 Å². The van der Waals surface area contributed by atoms with Crippen molar-refractivity contribution in [2.24, 2.45) is 0 Å². The standard InChI is InChI=1S/C31H30ClN3O3/c1-2-29(36)33-26-10-13-28-22(19-26)6-7-24(30(28)23-4-3-5-25(32)18-23)20-34-14-16-35(17-15-34)27-11-8-21(9-12-27)31(37)38/h2-5,8-13,18-19H,1,6-7,14-17,20H2,(H,33,36)(H,37,38). The topological polar surface area (TPSA) is 72.9 Å². The van der Waals surface area contributed by atoms with Crippen LogP contribution in [0.3, 0.4) is 0 Å². The van der Waals surface area contributed by atoms with Gasteiger partial charge < -0.3 is 15.3 Å². The highest BCUT2D eigenvalue weighted by Crippen LogP contribution is 2.38. The smallest absolute Gasteiger partial charge is 0.335 e. The van der Waals surface area contributed by atoms with E-state index in [9.17, 15) is 9.59 Å².